The summed E-state index contributed by atoms with van der Waals surface area (Å²) in [5.74, 6) is 0.495. The average molecular weight is 325 g/mol. The summed E-state index contributed by atoms with van der Waals surface area (Å²) in [6.07, 6.45) is 6.17. The average Bonchev–Trinajstić information content (AvgIpc) is 2.87. The summed E-state index contributed by atoms with van der Waals surface area (Å²) >= 11 is 3.43. The molecule has 5 nitrogen and oxygen atoms in total. The van der Waals surface area contributed by atoms with Crippen LogP contribution in [0.15, 0.2) is 28.1 Å². The Balaban J connectivity index is 2.41. The molecular formula is C13H17BrN4O. The number of anilines is 1. The van der Waals surface area contributed by atoms with E-state index in [9.17, 15) is 0 Å². The molecule has 1 unspecified atom stereocenters. The normalized spacial score (nSPS) is 19.0. The van der Waals surface area contributed by atoms with Crippen LogP contribution in [0.4, 0.5) is 5.82 Å². The number of methoxy groups -OCH3 is 1. The summed E-state index contributed by atoms with van der Waals surface area (Å²) in [5, 5.41) is 6.37. The van der Waals surface area contributed by atoms with Crippen LogP contribution in [0.1, 0.15) is 18.9 Å². The lowest BCUT2D eigenvalue weighted by Gasteiger charge is -2.25. The van der Waals surface area contributed by atoms with Crippen molar-refractivity contribution in [1.82, 2.24) is 9.99 Å². The number of nitrogens with two attached hydrogens (primary N) is 1. The van der Waals surface area contributed by atoms with E-state index < -0.39 is 0 Å². The van der Waals surface area contributed by atoms with E-state index in [1.165, 1.54) is 0 Å². The maximum Gasteiger partial charge on any atom is 0.131 e. The number of rotatable bonds is 4. The highest BCUT2D eigenvalue weighted by Crippen LogP contribution is 2.31. The molecule has 1 aromatic rings. The van der Waals surface area contributed by atoms with Crippen molar-refractivity contribution in [1.29, 1.82) is 0 Å². The Hall–Kier alpha value is -1.56. The van der Waals surface area contributed by atoms with E-state index in [0.717, 1.165) is 28.6 Å². The number of halogens is 1. The summed E-state index contributed by atoms with van der Waals surface area (Å²) in [4.78, 5) is 4.18. The van der Waals surface area contributed by atoms with E-state index in [1.54, 1.807) is 19.6 Å². The fourth-order valence-electron chi connectivity index (χ4n) is 2.17. The van der Waals surface area contributed by atoms with Gasteiger partial charge in [0.25, 0.3) is 0 Å². The topological polar surface area (TPSA) is 63.7 Å². The monoisotopic (exact) mass is 324 g/mol. The van der Waals surface area contributed by atoms with E-state index in [1.807, 2.05) is 17.3 Å². The number of hydrogen-bond acceptors (Lipinski definition) is 5. The first kappa shape index (κ1) is 13.9. The first-order valence-electron chi connectivity index (χ1n) is 6.10. The van der Waals surface area contributed by atoms with Gasteiger partial charge in [0.05, 0.1) is 19.4 Å². The molecule has 0 bridgehead atoms. The summed E-state index contributed by atoms with van der Waals surface area (Å²) in [6, 6.07) is 2.10. The van der Waals surface area contributed by atoms with Gasteiger partial charge >= 0.3 is 0 Å². The quantitative estimate of drug-likeness (QED) is 0.864. The number of aromatic nitrogens is 1. The SMILES string of the molecule is CCN1N=CCC1/C(=C/OC)c1cc(Br)cnc1N. The van der Waals surface area contributed by atoms with Crippen molar-refractivity contribution in [3.05, 3.63) is 28.6 Å². The van der Waals surface area contributed by atoms with E-state index in [-0.39, 0.29) is 6.04 Å². The van der Waals surface area contributed by atoms with Crippen LogP contribution in [0.3, 0.4) is 0 Å². The molecular weight excluding hydrogens is 308 g/mol. The maximum atomic E-state index is 5.99. The van der Waals surface area contributed by atoms with Crippen molar-refractivity contribution in [2.75, 3.05) is 19.4 Å². The second kappa shape index (κ2) is 6.06. The molecule has 0 amide bonds. The van der Waals surface area contributed by atoms with Gasteiger partial charge in [0.1, 0.15) is 5.82 Å². The van der Waals surface area contributed by atoms with E-state index in [2.05, 4.69) is 32.9 Å². The van der Waals surface area contributed by atoms with Gasteiger partial charge in [-0.05, 0) is 28.9 Å². The van der Waals surface area contributed by atoms with Crippen LogP contribution < -0.4 is 5.73 Å². The first-order valence-corrected chi connectivity index (χ1v) is 6.90. The van der Waals surface area contributed by atoms with Gasteiger partial charge in [-0.15, -0.1) is 0 Å². The molecule has 19 heavy (non-hydrogen) atoms. The van der Waals surface area contributed by atoms with Gasteiger partial charge in [0, 0.05) is 41.0 Å². The maximum absolute atomic E-state index is 5.99. The van der Waals surface area contributed by atoms with E-state index in [4.69, 9.17) is 10.5 Å². The standard InChI is InChI=1S/C13H17BrN4O/c1-3-18-12(4-5-17-18)11(8-19-2)10-6-9(14)7-16-13(10)15/h5-8,12H,3-4H2,1-2H3,(H2,15,16)/b11-8+. The zero-order chi connectivity index (χ0) is 13.8. The predicted octanol–water partition coefficient (Wildman–Crippen LogP) is 2.49. The number of nitrogen functional groups attached to an aromatic ring is 1. The van der Waals surface area contributed by atoms with Gasteiger partial charge in [0.15, 0.2) is 0 Å². The summed E-state index contributed by atoms with van der Waals surface area (Å²) in [7, 11) is 1.63. The molecule has 1 aromatic heterocycles. The second-order valence-electron chi connectivity index (χ2n) is 4.20. The molecule has 102 valence electrons. The van der Waals surface area contributed by atoms with Crippen LogP contribution >= 0.6 is 15.9 Å². The number of hydrazone groups is 1. The van der Waals surface area contributed by atoms with Gasteiger partial charge in [0.2, 0.25) is 0 Å². The van der Waals surface area contributed by atoms with Crippen LogP contribution in [-0.2, 0) is 4.74 Å². The molecule has 1 atom stereocenters. The van der Waals surface area contributed by atoms with Crippen molar-refractivity contribution in [2.24, 2.45) is 5.10 Å². The summed E-state index contributed by atoms with van der Waals surface area (Å²) < 4.78 is 6.11. The number of hydrogen-bond donors (Lipinski definition) is 1. The molecule has 6 heteroatoms. The van der Waals surface area contributed by atoms with Gasteiger partial charge in [-0.1, -0.05) is 0 Å². The number of likely N-dealkylation sites (N-methyl/N-ethyl adjacent to an activating group) is 1. The van der Waals surface area contributed by atoms with Crippen LogP contribution in [0.25, 0.3) is 5.57 Å². The minimum absolute atomic E-state index is 0.142. The van der Waals surface area contributed by atoms with Crippen molar-refractivity contribution in [2.45, 2.75) is 19.4 Å². The lowest BCUT2D eigenvalue weighted by Crippen LogP contribution is -2.28. The molecule has 2 rings (SSSR count). The van der Waals surface area contributed by atoms with Crippen molar-refractivity contribution in [3.8, 4) is 0 Å². The van der Waals surface area contributed by atoms with Crippen LogP contribution in [-0.4, -0.2) is 35.9 Å². The fourth-order valence-corrected chi connectivity index (χ4v) is 2.50. The zero-order valence-electron chi connectivity index (χ0n) is 11.0. The molecule has 0 radical (unpaired) electrons. The Morgan fingerprint density at radius 1 is 1.68 bits per heavy atom. The third-order valence-electron chi connectivity index (χ3n) is 3.04. The smallest absolute Gasteiger partial charge is 0.131 e. The molecule has 2 heterocycles. The van der Waals surface area contributed by atoms with Crippen molar-refractivity contribution in [3.63, 3.8) is 0 Å². The van der Waals surface area contributed by atoms with E-state index in [0.29, 0.717) is 5.82 Å². The fraction of sp³-hybridized carbons (Fsp3) is 0.385. The Morgan fingerprint density at radius 3 is 3.16 bits per heavy atom. The number of nitrogens with zero attached hydrogens (tertiary/aromatic N) is 3. The van der Waals surface area contributed by atoms with E-state index >= 15 is 0 Å². The van der Waals surface area contributed by atoms with Crippen LogP contribution in [0.2, 0.25) is 0 Å². The molecule has 1 aliphatic rings. The minimum atomic E-state index is 0.142. The predicted molar refractivity (Wildman–Crippen MR) is 80.6 cm³/mol. The van der Waals surface area contributed by atoms with Crippen molar-refractivity contribution < 1.29 is 4.74 Å². The summed E-state index contributed by atoms with van der Waals surface area (Å²) in [5.41, 5.74) is 7.86. The van der Waals surface area contributed by atoms with Crippen LogP contribution in [0, 0.1) is 0 Å². The molecule has 0 spiro atoms. The lowest BCUT2D eigenvalue weighted by atomic mass is 9.98. The summed E-state index contributed by atoms with van der Waals surface area (Å²) in [6.45, 7) is 2.91. The molecule has 0 aromatic carbocycles. The van der Waals surface area contributed by atoms with Gasteiger partial charge in [-0.3, -0.25) is 5.01 Å². The Kier molecular flexibility index (Phi) is 4.42. The molecule has 1 aliphatic heterocycles. The highest BCUT2D eigenvalue weighted by atomic mass is 79.9. The highest BCUT2D eigenvalue weighted by Gasteiger charge is 2.26. The molecule has 0 aliphatic carbocycles. The third-order valence-corrected chi connectivity index (χ3v) is 3.48. The molecule has 2 N–H and O–H groups in total. The Bertz CT molecular complexity index is 515. The largest absolute Gasteiger partial charge is 0.504 e. The number of ether oxygens (including phenoxy) is 1. The Labute approximate surface area is 121 Å². The lowest BCUT2D eigenvalue weighted by molar-refractivity contribution is 0.280. The van der Waals surface area contributed by atoms with Gasteiger partial charge in [-0.2, -0.15) is 5.10 Å². The minimum Gasteiger partial charge on any atom is -0.504 e. The molecule has 0 saturated carbocycles. The third kappa shape index (κ3) is 2.89. The second-order valence-corrected chi connectivity index (χ2v) is 5.12. The van der Waals surface area contributed by atoms with Crippen LogP contribution in [0.5, 0.6) is 0 Å². The molecule has 0 saturated heterocycles. The molecule has 0 fully saturated rings. The Morgan fingerprint density at radius 2 is 2.47 bits per heavy atom. The van der Waals surface area contributed by atoms with Gasteiger partial charge < -0.3 is 10.5 Å². The highest BCUT2D eigenvalue weighted by molar-refractivity contribution is 9.10. The van der Waals surface area contributed by atoms with Gasteiger partial charge in [-0.25, -0.2) is 4.98 Å². The van der Waals surface area contributed by atoms with Crippen molar-refractivity contribution >= 4 is 33.5 Å². The first-order chi connectivity index (χ1) is 9.17. The zero-order valence-corrected chi connectivity index (χ0v) is 12.6. The number of pyridine rings is 1.